The molecule has 3 aromatic rings. The first-order valence-electron chi connectivity index (χ1n) is 8.23. The van der Waals surface area contributed by atoms with Crippen molar-refractivity contribution >= 4 is 26.8 Å². The number of hydrogen-bond donors (Lipinski definition) is 1. The maximum Gasteiger partial charge on any atom is 0.214 e. The van der Waals surface area contributed by atoms with Crippen LogP contribution in [-0.4, -0.2) is 30.2 Å². The molecule has 1 heterocycles. The molecule has 1 N–H and O–H groups in total. The van der Waals surface area contributed by atoms with Crippen molar-refractivity contribution in [2.45, 2.75) is 12.8 Å². The van der Waals surface area contributed by atoms with E-state index in [4.69, 9.17) is 9.47 Å². The van der Waals surface area contributed by atoms with Gasteiger partial charge in [-0.2, -0.15) is 0 Å². The second-order valence-electron chi connectivity index (χ2n) is 5.82. The SMILES string of the molecule is CCOc1c(Br)cc([C@@H](C[N+](=O)[O-])c2c[nH]c3ccccc23)cc1OC. The molecule has 7 heteroatoms. The number of hydrogen-bond acceptors (Lipinski definition) is 4. The van der Waals surface area contributed by atoms with Gasteiger partial charge >= 0.3 is 0 Å². The molecule has 0 aliphatic heterocycles. The van der Waals surface area contributed by atoms with E-state index in [2.05, 4.69) is 20.9 Å². The minimum Gasteiger partial charge on any atom is -0.493 e. The number of nitro groups is 1. The number of nitrogens with zero attached hydrogens (tertiary/aromatic N) is 1. The maximum absolute atomic E-state index is 11.4. The van der Waals surface area contributed by atoms with Crippen molar-refractivity contribution < 1.29 is 14.4 Å². The largest absolute Gasteiger partial charge is 0.493 e. The molecule has 0 saturated carbocycles. The van der Waals surface area contributed by atoms with Crippen LogP contribution >= 0.6 is 15.9 Å². The molecule has 6 nitrogen and oxygen atoms in total. The van der Waals surface area contributed by atoms with Gasteiger partial charge in [0.1, 0.15) is 0 Å². The van der Waals surface area contributed by atoms with Crippen molar-refractivity contribution in [1.82, 2.24) is 4.98 Å². The van der Waals surface area contributed by atoms with E-state index in [9.17, 15) is 10.1 Å². The zero-order valence-corrected chi connectivity index (χ0v) is 16.1. The van der Waals surface area contributed by atoms with Gasteiger partial charge in [0.25, 0.3) is 0 Å². The average Bonchev–Trinajstić information content (AvgIpc) is 3.05. The van der Waals surface area contributed by atoms with Crippen LogP contribution in [-0.2, 0) is 0 Å². The van der Waals surface area contributed by atoms with E-state index in [0.29, 0.717) is 22.6 Å². The van der Waals surface area contributed by atoms with E-state index < -0.39 is 5.92 Å². The Morgan fingerprint density at radius 1 is 1.31 bits per heavy atom. The van der Waals surface area contributed by atoms with Gasteiger partial charge in [0.15, 0.2) is 11.5 Å². The van der Waals surface area contributed by atoms with Crippen LogP contribution in [0.4, 0.5) is 0 Å². The molecule has 0 radical (unpaired) electrons. The Balaban J connectivity index is 2.14. The number of methoxy groups -OCH3 is 1. The number of aromatic nitrogens is 1. The van der Waals surface area contributed by atoms with Gasteiger partial charge in [0.05, 0.1) is 24.1 Å². The second-order valence-corrected chi connectivity index (χ2v) is 6.68. The predicted octanol–water partition coefficient (Wildman–Crippen LogP) is 4.75. The Bertz CT molecular complexity index is 938. The smallest absolute Gasteiger partial charge is 0.214 e. The Hall–Kier alpha value is -2.54. The summed E-state index contributed by atoms with van der Waals surface area (Å²) in [5.74, 6) is 0.726. The minimum absolute atomic E-state index is 0.217. The summed E-state index contributed by atoms with van der Waals surface area (Å²) in [7, 11) is 1.56. The molecule has 0 spiro atoms. The van der Waals surface area contributed by atoms with E-state index in [1.807, 2.05) is 49.5 Å². The van der Waals surface area contributed by atoms with Crippen LogP contribution < -0.4 is 9.47 Å². The molecule has 0 saturated heterocycles. The van der Waals surface area contributed by atoms with E-state index in [0.717, 1.165) is 22.0 Å². The van der Waals surface area contributed by atoms with Crippen molar-refractivity contribution in [2.24, 2.45) is 0 Å². The van der Waals surface area contributed by atoms with Gasteiger partial charge in [-0.1, -0.05) is 18.2 Å². The Kier molecular flexibility index (Phi) is 5.46. The number of H-pyrrole nitrogens is 1. The lowest BCUT2D eigenvalue weighted by molar-refractivity contribution is -0.481. The highest BCUT2D eigenvalue weighted by molar-refractivity contribution is 9.10. The summed E-state index contributed by atoms with van der Waals surface area (Å²) >= 11 is 3.50. The number of rotatable bonds is 7. The molecule has 0 bridgehead atoms. The van der Waals surface area contributed by atoms with E-state index in [1.165, 1.54) is 0 Å². The quantitative estimate of drug-likeness (QED) is 0.443. The summed E-state index contributed by atoms with van der Waals surface area (Å²) in [5.41, 5.74) is 2.63. The summed E-state index contributed by atoms with van der Waals surface area (Å²) in [6.45, 7) is 2.17. The van der Waals surface area contributed by atoms with E-state index in [1.54, 1.807) is 7.11 Å². The monoisotopic (exact) mass is 418 g/mol. The second kappa shape index (κ2) is 7.78. The zero-order chi connectivity index (χ0) is 18.7. The van der Waals surface area contributed by atoms with Crippen LogP contribution in [0.1, 0.15) is 24.0 Å². The molecule has 2 aromatic carbocycles. The number of nitrogens with one attached hydrogen (secondary N) is 1. The molecule has 26 heavy (non-hydrogen) atoms. The minimum atomic E-state index is -0.415. The molecule has 1 atom stereocenters. The van der Waals surface area contributed by atoms with Crippen molar-refractivity contribution in [3.8, 4) is 11.5 Å². The highest BCUT2D eigenvalue weighted by Gasteiger charge is 2.25. The average molecular weight is 419 g/mol. The fraction of sp³-hybridized carbons (Fsp3) is 0.263. The molecule has 0 aliphatic carbocycles. The summed E-state index contributed by atoms with van der Waals surface area (Å²) in [6.07, 6.45) is 1.84. The lowest BCUT2D eigenvalue weighted by atomic mass is 9.90. The van der Waals surface area contributed by atoms with Crippen LogP contribution in [0.3, 0.4) is 0 Å². The first-order chi connectivity index (χ1) is 12.5. The fourth-order valence-electron chi connectivity index (χ4n) is 3.14. The number of para-hydroxylation sites is 1. The first-order valence-corrected chi connectivity index (χ1v) is 9.02. The highest BCUT2D eigenvalue weighted by atomic mass is 79.9. The Labute approximate surface area is 159 Å². The van der Waals surface area contributed by atoms with Gasteiger partial charge in [-0.05, 0) is 52.2 Å². The van der Waals surface area contributed by atoms with Crippen LogP contribution in [0, 0.1) is 10.1 Å². The third kappa shape index (κ3) is 3.53. The van der Waals surface area contributed by atoms with Crippen LogP contribution in [0.15, 0.2) is 47.1 Å². The molecule has 0 aliphatic rings. The Morgan fingerprint density at radius 3 is 2.77 bits per heavy atom. The lowest BCUT2D eigenvalue weighted by Gasteiger charge is -2.17. The van der Waals surface area contributed by atoms with Gasteiger partial charge < -0.3 is 14.5 Å². The van der Waals surface area contributed by atoms with Gasteiger partial charge in [0, 0.05) is 22.0 Å². The third-order valence-corrected chi connectivity index (χ3v) is 4.86. The number of aromatic amines is 1. The maximum atomic E-state index is 11.4. The van der Waals surface area contributed by atoms with Crippen LogP contribution in [0.5, 0.6) is 11.5 Å². The molecule has 136 valence electrons. The molecule has 0 amide bonds. The first kappa shape index (κ1) is 18.3. The van der Waals surface area contributed by atoms with Gasteiger partial charge in [-0.15, -0.1) is 0 Å². The zero-order valence-electron chi connectivity index (χ0n) is 14.5. The summed E-state index contributed by atoms with van der Waals surface area (Å²) in [5, 5.41) is 12.3. The van der Waals surface area contributed by atoms with Crippen LogP contribution in [0.25, 0.3) is 10.9 Å². The van der Waals surface area contributed by atoms with Gasteiger partial charge in [-0.25, -0.2) is 0 Å². The molecule has 1 aromatic heterocycles. The van der Waals surface area contributed by atoms with Crippen molar-refractivity contribution in [3.05, 3.63) is 68.3 Å². The van der Waals surface area contributed by atoms with Crippen molar-refractivity contribution in [3.63, 3.8) is 0 Å². The molecule has 3 rings (SSSR count). The predicted molar refractivity (Wildman–Crippen MR) is 104 cm³/mol. The third-order valence-electron chi connectivity index (χ3n) is 4.27. The number of benzene rings is 2. The molecule has 0 unspecified atom stereocenters. The number of ether oxygens (including phenoxy) is 2. The van der Waals surface area contributed by atoms with Crippen LogP contribution in [0.2, 0.25) is 0 Å². The van der Waals surface area contributed by atoms with Gasteiger partial charge in [-0.3, -0.25) is 10.1 Å². The van der Waals surface area contributed by atoms with Crippen molar-refractivity contribution in [1.29, 1.82) is 0 Å². The summed E-state index contributed by atoms with van der Waals surface area (Å²) in [4.78, 5) is 14.3. The molecule has 0 fully saturated rings. The van der Waals surface area contributed by atoms with E-state index in [-0.39, 0.29) is 11.5 Å². The highest BCUT2D eigenvalue weighted by Crippen LogP contribution is 2.41. The molecular weight excluding hydrogens is 400 g/mol. The fourth-order valence-corrected chi connectivity index (χ4v) is 3.71. The van der Waals surface area contributed by atoms with Crippen molar-refractivity contribution in [2.75, 3.05) is 20.3 Å². The van der Waals surface area contributed by atoms with E-state index >= 15 is 0 Å². The normalized spacial score (nSPS) is 12.1. The Morgan fingerprint density at radius 2 is 2.08 bits per heavy atom. The number of fused-ring (bicyclic) bond motifs is 1. The number of halogens is 1. The lowest BCUT2D eigenvalue weighted by Crippen LogP contribution is -2.14. The topological polar surface area (TPSA) is 77.4 Å². The summed E-state index contributed by atoms with van der Waals surface area (Å²) < 4.78 is 11.8. The summed E-state index contributed by atoms with van der Waals surface area (Å²) in [6, 6.07) is 11.5. The van der Waals surface area contributed by atoms with Gasteiger partial charge in [0.2, 0.25) is 6.54 Å². The standard InChI is InChI=1S/C19H19BrN2O4/c1-3-26-19-16(20)8-12(9-18(19)25-2)15(11-22(23)24)14-10-21-17-7-5-4-6-13(14)17/h4-10,15,21H,3,11H2,1-2H3/t15-/m1/s1. The molecular formula is C19H19BrN2O4.